The second-order valence-electron chi connectivity index (χ2n) is 5.33. The molecule has 0 spiro atoms. The Morgan fingerprint density at radius 2 is 2.04 bits per heavy atom. The van der Waals surface area contributed by atoms with Crippen molar-refractivity contribution in [1.82, 2.24) is 25.4 Å². The third kappa shape index (κ3) is 4.10. The zero-order valence-corrected chi connectivity index (χ0v) is 14.2. The van der Waals surface area contributed by atoms with Gasteiger partial charge in [0, 0.05) is 32.3 Å². The van der Waals surface area contributed by atoms with E-state index >= 15 is 0 Å². The van der Waals surface area contributed by atoms with Gasteiger partial charge < -0.3 is 29.4 Å². The number of fused-ring (bicyclic) bond motifs is 1. The maximum atomic E-state index is 12.7. The van der Waals surface area contributed by atoms with Crippen molar-refractivity contribution in [3.05, 3.63) is 29.8 Å². The summed E-state index contributed by atoms with van der Waals surface area (Å²) in [6.45, 7) is -2.31. The summed E-state index contributed by atoms with van der Waals surface area (Å²) in [7, 11) is 3.43. The van der Waals surface area contributed by atoms with Crippen LogP contribution in [0, 0.1) is 0 Å². The van der Waals surface area contributed by atoms with E-state index < -0.39 is 6.61 Å². The van der Waals surface area contributed by atoms with Gasteiger partial charge >= 0.3 is 6.61 Å². The smallest absolute Gasteiger partial charge is 0.387 e. The molecule has 9 nitrogen and oxygen atoms in total. The average Bonchev–Trinajstić information content (AvgIpc) is 3.22. The summed E-state index contributed by atoms with van der Waals surface area (Å²) in [5.74, 6) is 2.05. The van der Waals surface area contributed by atoms with Crippen LogP contribution in [0.4, 0.5) is 8.78 Å². The van der Waals surface area contributed by atoms with Crippen LogP contribution in [-0.4, -0.2) is 41.2 Å². The Balaban J connectivity index is 1.66. The maximum absolute atomic E-state index is 12.7. The fraction of sp³-hybridized carbons (Fsp3) is 0.400. The summed E-state index contributed by atoms with van der Waals surface area (Å²) < 4.78 is 42.2. The van der Waals surface area contributed by atoms with Gasteiger partial charge in [-0.1, -0.05) is 0 Å². The number of hydrogen-bond acceptors (Lipinski definition) is 6. The Kier molecular flexibility index (Phi) is 5.34. The van der Waals surface area contributed by atoms with E-state index in [0.29, 0.717) is 29.6 Å². The lowest BCUT2D eigenvalue weighted by molar-refractivity contribution is -0.0505. The molecule has 2 aromatic rings. The zero-order valence-electron chi connectivity index (χ0n) is 14.2. The highest BCUT2D eigenvalue weighted by atomic mass is 19.3. The lowest BCUT2D eigenvalue weighted by Crippen LogP contribution is -2.37. The molecule has 1 aromatic heterocycles. The average molecular weight is 368 g/mol. The van der Waals surface area contributed by atoms with Crippen LogP contribution in [0.2, 0.25) is 0 Å². The highest BCUT2D eigenvalue weighted by Gasteiger charge is 2.20. The molecule has 0 bridgehead atoms. The van der Waals surface area contributed by atoms with Gasteiger partial charge in [0.25, 0.3) is 0 Å². The summed E-state index contributed by atoms with van der Waals surface area (Å²) >= 11 is 0. The third-order valence-corrected chi connectivity index (χ3v) is 3.66. The minimum atomic E-state index is -2.94. The van der Waals surface area contributed by atoms with Crippen molar-refractivity contribution in [2.24, 2.45) is 12.0 Å². The molecule has 0 radical (unpaired) electrons. The molecule has 0 saturated carbocycles. The summed E-state index contributed by atoms with van der Waals surface area (Å²) in [5, 5.41) is 13.8. The number of guanidine groups is 1. The fourth-order valence-electron chi connectivity index (χ4n) is 2.34. The predicted octanol–water partition coefficient (Wildman–Crippen LogP) is 1.01. The summed E-state index contributed by atoms with van der Waals surface area (Å²) in [6.07, 6.45) is 1.59. The normalized spacial score (nSPS) is 13.2. The molecule has 1 aromatic carbocycles. The van der Waals surface area contributed by atoms with E-state index in [1.54, 1.807) is 24.0 Å². The Bertz CT molecular complexity index is 796. The third-order valence-electron chi connectivity index (χ3n) is 3.66. The van der Waals surface area contributed by atoms with Gasteiger partial charge in [-0.2, -0.15) is 8.78 Å². The van der Waals surface area contributed by atoms with Crippen LogP contribution in [0.5, 0.6) is 17.2 Å². The summed E-state index contributed by atoms with van der Waals surface area (Å²) in [6, 6.07) is 2.99. The quantitative estimate of drug-likeness (QED) is 0.580. The number of hydrogen-bond donors (Lipinski definition) is 2. The molecule has 3 rings (SSSR count). The molecule has 0 aliphatic carbocycles. The molecular formula is C15H18F2N6O3. The molecule has 0 atom stereocenters. The van der Waals surface area contributed by atoms with E-state index in [2.05, 4.69) is 30.6 Å². The first-order valence-corrected chi connectivity index (χ1v) is 7.71. The van der Waals surface area contributed by atoms with Crippen molar-refractivity contribution >= 4 is 5.96 Å². The molecule has 2 heterocycles. The van der Waals surface area contributed by atoms with Crippen molar-refractivity contribution in [2.75, 3.05) is 13.8 Å². The van der Waals surface area contributed by atoms with E-state index in [1.165, 1.54) is 6.07 Å². The second-order valence-corrected chi connectivity index (χ2v) is 5.33. The molecule has 1 aliphatic rings. The van der Waals surface area contributed by atoms with Gasteiger partial charge in [0.2, 0.25) is 6.79 Å². The highest BCUT2D eigenvalue weighted by molar-refractivity contribution is 5.79. The van der Waals surface area contributed by atoms with Crippen LogP contribution in [0.25, 0.3) is 0 Å². The molecule has 0 unspecified atom stereocenters. The number of aliphatic imine (C=N–C) groups is 1. The molecule has 2 N–H and O–H groups in total. The van der Waals surface area contributed by atoms with E-state index in [-0.39, 0.29) is 19.1 Å². The number of halogens is 2. The fourth-order valence-corrected chi connectivity index (χ4v) is 2.34. The van der Waals surface area contributed by atoms with Crippen molar-refractivity contribution in [3.63, 3.8) is 0 Å². The zero-order chi connectivity index (χ0) is 18.5. The number of aryl methyl sites for hydroxylation is 1. The van der Waals surface area contributed by atoms with Crippen molar-refractivity contribution < 1.29 is 23.0 Å². The lowest BCUT2D eigenvalue weighted by atomic mass is 10.1. The Labute approximate surface area is 148 Å². The van der Waals surface area contributed by atoms with Gasteiger partial charge in [-0.05, 0) is 6.07 Å². The molecule has 140 valence electrons. The van der Waals surface area contributed by atoms with Crippen molar-refractivity contribution in [3.8, 4) is 17.2 Å². The Morgan fingerprint density at radius 1 is 1.31 bits per heavy atom. The molecule has 0 saturated heterocycles. The van der Waals surface area contributed by atoms with Crippen LogP contribution in [0.3, 0.4) is 0 Å². The number of rotatable bonds is 6. The van der Waals surface area contributed by atoms with Crippen LogP contribution in [-0.2, 0) is 20.1 Å². The van der Waals surface area contributed by atoms with Gasteiger partial charge in [0.1, 0.15) is 12.1 Å². The van der Waals surface area contributed by atoms with Crippen LogP contribution in [0.15, 0.2) is 23.5 Å². The first-order chi connectivity index (χ1) is 12.6. The first-order valence-electron chi connectivity index (χ1n) is 7.71. The largest absolute Gasteiger partial charge is 0.454 e. The van der Waals surface area contributed by atoms with Gasteiger partial charge in [-0.3, -0.25) is 4.99 Å². The standard InChI is InChI=1S/C15H18F2N6O3/c1-18-15(20-6-13-22-21-7-23(13)2)19-5-9-3-11-12(25-8-24-11)4-10(9)26-14(16)17/h3-4,7,14H,5-6,8H2,1-2H3,(H2,18,19,20). The van der Waals surface area contributed by atoms with Gasteiger partial charge in [-0.15, -0.1) is 10.2 Å². The molecule has 0 amide bonds. The van der Waals surface area contributed by atoms with Crippen LogP contribution < -0.4 is 24.8 Å². The minimum Gasteiger partial charge on any atom is -0.454 e. The lowest BCUT2D eigenvalue weighted by Gasteiger charge is -2.15. The minimum absolute atomic E-state index is 0.0144. The molecular weight excluding hydrogens is 350 g/mol. The van der Waals surface area contributed by atoms with Gasteiger partial charge in [-0.25, -0.2) is 0 Å². The van der Waals surface area contributed by atoms with Gasteiger partial charge in [0.15, 0.2) is 23.3 Å². The number of ether oxygens (including phenoxy) is 3. The second kappa shape index (κ2) is 7.85. The number of nitrogens with one attached hydrogen (secondary N) is 2. The number of aromatic nitrogens is 3. The van der Waals surface area contributed by atoms with Crippen LogP contribution in [0.1, 0.15) is 11.4 Å². The number of benzene rings is 1. The van der Waals surface area contributed by atoms with Crippen molar-refractivity contribution in [1.29, 1.82) is 0 Å². The number of nitrogens with zero attached hydrogens (tertiary/aromatic N) is 4. The Hall–Kier alpha value is -3.11. The molecule has 1 aliphatic heterocycles. The SMILES string of the molecule is CN=C(NCc1cc2c(cc1OC(F)F)OCO2)NCc1nncn1C. The monoisotopic (exact) mass is 368 g/mol. The van der Waals surface area contributed by atoms with Gasteiger partial charge in [0.05, 0.1) is 6.54 Å². The van der Waals surface area contributed by atoms with E-state index in [1.807, 2.05) is 7.05 Å². The Morgan fingerprint density at radius 3 is 2.69 bits per heavy atom. The predicted molar refractivity (Wildman–Crippen MR) is 87.2 cm³/mol. The van der Waals surface area contributed by atoms with Crippen LogP contribution >= 0.6 is 0 Å². The molecule has 26 heavy (non-hydrogen) atoms. The highest BCUT2D eigenvalue weighted by Crippen LogP contribution is 2.38. The van der Waals surface area contributed by atoms with Crippen molar-refractivity contribution in [2.45, 2.75) is 19.7 Å². The maximum Gasteiger partial charge on any atom is 0.387 e. The van der Waals surface area contributed by atoms with E-state index in [4.69, 9.17) is 9.47 Å². The summed E-state index contributed by atoms with van der Waals surface area (Å²) in [5.41, 5.74) is 0.483. The number of alkyl halides is 2. The molecule has 11 heteroatoms. The van der Waals surface area contributed by atoms with E-state index in [0.717, 1.165) is 5.82 Å². The summed E-state index contributed by atoms with van der Waals surface area (Å²) in [4.78, 5) is 4.09. The first kappa shape index (κ1) is 17.7. The molecule has 0 fully saturated rings. The van der Waals surface area contributed by atoms with E-state index in [9.17, 15) is 8.78 Å². The topological polar surface area (TPSA) is 94.8 Å².